The van der Waals surface area contributed by atoms with Gasteiger partial charge in [0.2, 0.25) is 0 Å². The highest BCUT2D eigenvalue weighted by molar-refractivity contribution is 5.90. The number of aryl methyl sites for hydroxylation is 1. The molecule has 0 aliphatic carbocycles. The Bertz CT molecular complexity index is 599. The maximum Gasteiger partial charge on any atom is 0.319 e. The van der Waals surface area contributed by atoms with Gasteiger partial charge in [0, 0.05) is 18.7 Å². The van der Waals surface area contributed by atoms with Crippen LogP contribution in [0.2, 0.25) is 0 Å². The van der Waals surface area contributed by atoms with Gasteiger partial charge in [0.05, 0.1) is 6.10 Å². The average molecular weight is 298 g/mol. The van der Waals surface area contributed by atoms with Gasteiger partial charge in [0.25, 0.3) is 0 Å². The first-order chi connectivity index (χ1) is 10.7. The quantitative estimate of drug-likeness (QED) is 0.768. The van der Waals surface area contributed by atoms with Gasteiger partial charge >= 0.3 is 6.03 Å². The number of hydrogen-bond acceptors (Lipinski definition) is 2. The fourth-order valence-electron chi connectivity index (χ4n) is 2.29. The molecule has 4 heteroatoms. The zero-order valence-corrected chi connectivity index (χ0v) is 12.8. The molecule has 2 aromatic carbocycles. The summed E-state index contributed by atoms with van der Waals surface area (Å²) in [4.78, 5) is 11.9. The molecule has 0 spiro atoms. The van der Waals surface area contributed by atoms with Crippen molar-refractivity contribution in [1.82, 2.24) is 5.32 Å². The van der Waals surface area contributed by atoms with Crippen molar-refractivity contribution in [2.75, 3.05) is 11.9 Å². The summed E-state index contributed by atoms with van der Waals surface area (Å²) in [6, 6.07) is 17.1. The third-order valence-electron chi connectivity index (χ3n) is 3.46. The van der Waals surface area contributed by atoms with Crippen molar-refractivity contribution in [2.45, 2.75) is 25.9 Å². The molecule has 4 nitrogen and oxygen atoms in total. The number of benzene rings is 2. The molecule has 0 radical (unpaired) electrons. The summed E-state index contributed by atoms with van der Waals surface area (Å²) in [5.41, 5.74) is 2.94. The number of aliphatic hydroxyl groups is 1. The van der Waals surface area contributed by atoms with Crippen molar-refractivity contribution in [3.05, 3.63) is 65.7 Å². The van der Waals surface area contributed by atoms with Crippen LogP contribution in [0.5, 0.6) is 0 Å². The number of rotatable bonds is 6. The minimum atomic E-state index is -0.602. The number of hydrogen-bond donors (Lipinski definition) is 3. The molecule has 2 aromatic rings. The van der Waals surface area contributed by atoms with Crippen LogP contribution < -0.4 is 10.6 Å². The average Bonchev–Trinajstić information content (AvgIpc) is 2.54. The molecule has 116 valence electrons. The second kappa shape index (κ2) is 8.20. The molecule has 0 aromatic heterocycles. The summed E-state index contributed by atoms with van der Waals surface area (Å²) in [6.07, 6.45) is 0.773. The SMILES string of the molecule is CCc1ccccc1NC(=O)NCC(O)Cc1ccccc1. The molecule has 0 heterocycles. The minimum Gasteiger partial charge on any atom is -0.391 e. The lowest BCUT2D eigenvalue weighted by molar-refractivity contribution is 0.172. The molecule has 1 unspecified atom stereocenters. The van der Waals surface area contributed by atoms with Gasteiger partial charge in [-0.15, -0.1) is 0 Å². The van der Waals surface area contributed by atoms with Crippen molar-refractivity contribution in [3.8, 4) is 0 Å². The van der Waals surface area contributed by atoms with Crippen LogP contribution in [0, 0.1) is 0 Å². The van der Waals surface area contributed by atoms with Crippen molar-refractivity contribution in [3.63, 3.8) is 0 Å². The van der Waals surface area contributed by atoms with Crippen LogP contribution in [-0.2, 0) is 12.8 Å². The van der Waals surface area contributed by atoms with Gasteiger partial charge in [-0.25, -0.2) is 4.79 Å². The Labute approximate surface area is 131 Å². The summed E-state index contributed by atoms with van der Waals surface area (Å²) >= 11 is 0. The largest absolute Gasteiger partial charge is 0.391 e. The number of carbonyl (C=O) groups is 1. The van der Waals surface area contributed by atoms with Crippen molar-refractivity contribution in [2.24, 2.45) is 0 Å². The molecule has 0 aliphatic rings. The van der Waals surface area contributed by atoms with E-state index in [1.165, 1.54) is 0 Å². The number of nitrogens with one attached hydrogen (secondary N) is 2. The van der Waals surface area contributed by atoms with E-state index >= 15 is 0 Å². The molecule has 3 N–H and O–H groups in total. The summed E-state index contributed by atoms with van der Waals surface area (Å²) in [6.45, 7) is 2.26. The van der Waals surface area contributed by atoms with Gasteiger partial charge in [0.15, 0.2) is 0 Å². The lowest BCUT2D eigenvalue weighted by Gasteiger charge is -2.14. The Morgan fingerprint density at radius 1 is 1.09 bits per heavy atom. The van der Waals surface area contributed by atoms with Gasteiger partial charge < -0.3 is 15.7 Å². The van der Waals surface area contributed by atoms with Gasteiger partial charge in [-0.1, -0.05) is 55.5 Å². The summed E-state index contributed by atoms with van der Waals surface area (Å²) in [7, 11) is 0. The van der Waals surface area contributed by atoms with E-state index in [9.17, 15) is 9.90 Å². The fourth-order valence-corrected chi connectivity index (χ4v) is 2.29. The number of carbonyl (C=O) groups excluding carboxylic acids is 1. The second-order valence-electron chi connectivity index (χ2n) is 5.19. The third-order valence-corrected chi connectivity index (χ3v) is 3.46. The van der Waals surface area contributed by atoms with E-state index in [4.69, 9.17) is 0 Å². The van der Waals surface area contributed by atoms with E-state index in [1.807, 2.05) is 61.5 Å². The van der Waals surface area contributed by atoms with Crippen LogP contribution >= 0.6 is 0 Å². The van der Waals surface area contributed by atoms with Crippen LogP contribution in [0.4, 0.5) is 10.5 Å². The Hall–Kier alpha value is -2.33. The van der Waals surface area contributed by atoms with E-state index in [1.54, 1.807) is 0 Å². The number of urea groups is 1. The van der Waals surface area contributed by atoms with Crippen molar-refractivity contribution in [1.29, 1.82) is 0 Å². The van der Waals surface area contributed by atoms with Gasteiger partial charge in [-0.05, 0) is 23.6 Å². The number of aliphatic hydroxyl groups excluding tert-OH is 1. The first kappa shape index (κ1) is 16.0. The van der Waals surface area contributed by atoms with E-state index in [-0.39, 0.29) is 12.6 Å². The second-order valence-corrected chi connectivity index (χ2v) is 5.19. The summed E-state index contributed by atoms with van der Waals surface area (Å²) in [5, 5.41) is 15.5. The van der Waals surface area contributed by atoms with Crippen LogP contribution in [0.15, 0.2) is 54.6 Å². The van der Waals surface area contributed by atoms with E-state index in [0.29, 0.717) is 6.42 Å². The summed E-state index contributed by atoms with van der Waals surface area (Å²) < 4.78 is 0. The van der Waals surface area contributed by atoms with Crippen LogP contribution in [-0.4, -0.2) is 23.8 Å². The first-order valence-corrected chi connectivity index (χ1v) is 7.53. The van der Waals surface area contributed by atoms with Gasteiger partial charge in [-0.3, -0.25) is 0 Å². The molecular formula is C18H22N2O2. The Balaban J connectivity index is 1.80. The lowest BCUT2D eigenvalue weighted by atomic mass is 10.1. The standard InChI is InChI=1S/C18H22N2O2/c1-2-15-10-6-7-11-17(15)20-18(22)19-13-16(21)12-14-8-4-3-5-9-14/h3-11,16,21H,2,12-13H2,1H3,(H2,19,20,22). The molecule has 2 amide bonds. The topological polar surface area (TPSA) is 61.4 Å². The maximum absolute atomic E-state index is 11.9. The Morgan fingerprint density at radius 2 is 1.77 bits per heavy atom. The number of anilines is 1. The lowest BCUT2D eigenvalue weighted by Crippen LogP contribution is -2.36. The monoisotopic (exact) mass is 298 g/mol. The zero-order valence-electron chi connectivity index (χ0n) is 12.8. The molecule has 1 atom stereocenters. The fraction of sp³-hybridized carbons (Fsp3) is 0.278. The predicted octanol–water partition coefficient (Wildman–Crippen LogP) is 2.97. The summed E-state index contributed by atoms with van der Waals surface area (Å²) in [5.74, 6) is 0. The zero-order chi connectivity index (χ0) is 15.8. The molecule has 0 bridgehead atoms. The highest BCUT2D eigenvalue weighted by Crippen LogP contribution is 2.15. The number of amides is 2. The molecule has 0 aliphatic heterocycles. The van der Waals surface area contributed by atoms with E-state index < -0.39 is 6.10 Å². The smallest absolute Gasteiger partial charge is 0.319 e. The van der Waals surface area contributed by atoms with E-state index in [2.05, 4.69) is 10.6 Å². The van der Waals surface area contributed by atoms with Crippen molar-refractivity contribution < 1.29 is 9.90 Å². The van der Waals surface area contributed by atoms with Crippen LogP contribution in [0.25, 0.3) is 0 Å². The molecule has 0 saturated carbocycles. The molecule has 22 heavy (non-hydrogen) atoms. The van der Waals surface area contributed by atoms with Gasteiger partial charge in [-0.2, -0.15) is 0 Å². The molecule has 2 rings (SSSR count). The Morgan fingerprint density at radius 3 is 2.50 bits per heavy atom. The molecule has 0 saturated heterocycles. The molecular weight excluding hydrogens is 276 g/mol. The van der Waals surface area contributed by atoms with Gasteiger partial charge in [0.1, 0.15) is 0 Å². The normalized spacial score (nSPS) is 11.7. The maximum atomic E-state index is 11.9. The van der Waals surface area contributed by atoms with Crippen LogP contribution in [0.3, 0.4) is 0 Å². The van der Waals surface area contributed by atoms with Crippen molar-refractivity contribution >= 4 is 11.7 Å². The Kier molecular flexibility index (Phi) is 5.98. The van der Waals surface area contributed by atoms with Crippen LogP contribution in [0.1, 0.15) is 18.1 Å². The van der Waals surface area contributed by atoms with E-state index in [0.717, 1.165) is 23.2 Å². The highest BCUT2D eigenvalue weighted by Gasteiger charge is 2.09. The predicted molar refractivity (Wildman–Crippen MR) is 89.0 cm³/mol. The highest BCUT2D eigenvalue weighted by atomic mass is 16.3. The number of para-hydroxylation sites is 1. The third kappa shape index (κ3) is 4.90. The first-order valence-electron chi connectivity index (χ1n) is 7.53. The molecule has 0 fully saturated rings. The minimum absolute atomic E-state index is 0.217.